The predicted octanol–water partition coefficient (Wildman–Crippen LogP) is 0.531. The molecule has 1 saturated carbocycles. The molecule has 2 saturated heterocycles. The van der Waals surface area contributed by atoms with E-state index in [1.165, 1.54) is 4.90 Å². The molecule has 0 radical (unpaired) electrons. The van der Waals surface area contributed by atoms with Crippen LogP contribution in [0.4, 0.5) is 4.79 Å². The third kappa shape index (κ3) is 3.77. The minimum Gasteiger partial charge on any atom is -0.352 e. The Balaban J connectivity index is 0.00000192. The number of rotatable bonds is 4. The van der Waals surface area contributed by atoms with Crippen LogP contribution in [0.15, 0.2) is 0 Å². The van der Waals surface area contributed by atoms with Gasteiger partial charge < -0.3 is 16.0 Å². The van der Waals surface area contributed by atoms with Gasteiger partial charge in [0, 0.05) is 25.6 Å². The maximum Gasteiger partial charge on any atom is 0.325 e. The van der Waals surface area contributed by atoms with Gasteiger partial charge in [0.15, 0.2) is 0 Å². The summed E-state index contributed by atoms with van der Waals surface area (Å²) in [6.45, 7) is 1.95. The molecular weight excluding hydrogens is 320 g/mol. The van der Waals surface area contributed by atoms with E-state index in [2.05, 4.69) is 16.0 Å². The number of hydrogen-bond acceptors (Lipinski definition) is 4. The van der Waals surface area contributed by atoms with Gasteiger partial charge >= 0.3 is 6.03 Å². The number of carbonyl (C=O) groups is 3. The highest BCUT2D eigenvalue weighted by Gasteiger charge is 2.52. The Morgan fingerprint density at radius 3 is 2.65 bits per heavy atom. The summed E-state index contributed by atoms with van der Waals surface area (Å²) >= 11 is 0. The van der Waals surface area contributed by atoms with E-state index in [9.17, 15) is 14.4 Å². The van der Waals surface area contributed by atoms with E-state index in [1.54, 1.807) is 0 Å². The number of nitrogens with one attached hydrogen (secondary N) is 3. The molecule has 0 aromatic rings. The molecule has 1 aliphatic carbocycles. The van der Waals surface area contributed by atoms with E-state index < -0.39 is 5.54 Å². The molecule has 3 rings (SSSR count). The second-order valence-corrected chi connectivity index (χ2v) is 6.54. The average molecular weight is 345 g/mol. The maximum absolute atomic E-state index is 12.4. The van der Waals surface area contributed by atoms with E-state index >= 15 is 0 Å². The zero-order valence-electron chi connectivity index (χ0n) is 13.2. The molecule has 3 fully saturated rings. The van der Waals surface area contributed by atoms with Crippen molar-refractivity contribution in [2.45, 2.75) is 56.5 Å². The molecule has 3 aliphatic rings. The first-order valence-corrected chi connectivity index (χ1v) is 8.25. The largest absolute Gasteiger partial charge is 0.352 e. The summed E-state index contributed by atoms with van der Waals surface area (Å²) in [6, 6.07) is -0.190. The van der Waals surface area contributed by atoms with Gasteiger partial charge in [-0.3, -0.25) is 14.5 Å². The average Bonchev–Trinajstić information content (AvgIpc) is 3.06. The van der Waals surface area contributed by atoms with Crippen LogP contribution in [0.1, 0.15) is 44.9 Å². The smallest absolute Gasteiger partial charge is 0.325 e. The quantitative estimate of drug-likeness (QED) is 0.649. The van der Waals surface area contributed by atoms with Crippen molar-refractivity contribution in [3.8, 4) is 0 Å². The number of amides is 4. The van der Waals surface area contributed by atoms with Gasteiger partial charge in [-0.2, -0.15) is 0 Å². The number of imide groups is 1. The van der Waals surface area contributed by atoms with Gasteiger partial charge in [0.1, 0.15) is 5.54 Å². The van der Waals surface area contributed by atoms with Crippen molar-refractivity contribution < 1.29 is 14.4 Å². The van der Waals surface area contributed by atoms with Gasteiger partial charge in [-0.1, -0.05) is 12.8 Å². The standard InChI is InChI=1S/C15H24N4O3.ClH/c20-12(17-11-4-3-8-16-10-11)5-9-19-13(21)15(18-14(19)22)6-1-2-7-15;/h11,16H,1-10H2,(H,17,20)(H,18,22);1H. The lowest BCUT2D eigenvalue weighted by Gasteiger charge is -2.24. The van der Waals surface area contributed by atoms with E-state index in [4.69, 9.17) is 0 Å². The van der Waals surface area contributed by atoms with Crippen LogP contribution in [0, 0.1) is 0 Å². The normalized spacial score (nSPS) is 26.1. The lowest BCUT2D eigenvalue weighted by Crippen LogP contribution is -2.46. The summed E-state index contributed by atoms with van der Waals surface area (Å²) in [7, 11) is 0. The summed E-state index contributed by atoms with van der Waals surface area (Å²) in [5.74, 6) is -0.246. The van der Waals surface area contributed by atoms with E-state index in [1.807, 2.05) is 0 Å². The molecule has 1 unspecified atom stereocenters. The Bertz CT molecular complexity index is 473. The van der Waals surface area contributed by atoms with Crippen LogP contribution in [-0.4, -0.2) is 54.0 Å². The third-order valence-electron chi connectivity index (χ3n) is 4.93. The highest BCUT2D eigenvalue weighted by Crippen LogP contribution is 2.34. The summed E-state index contributed by atoms with van der Waals surface area (Å²) in [5, 5.41) is 9.03. The van der Waals surface area contributed by atoms with Gasteiger partial charge in [-0.05, 0) is 32.2 Å². The number of carbonyl (C=O) groups excluding carboxylic acids is 3. The molecule has 2 aliphatic heterocycles. The fourth-order valence-corrected chi connectivity index (χ4v) is 3.68. The first-order chi connectivity index (χ1) is 10.6. The maximum atomic E-state index is 12.4. The summed E-state index contributed by atoms with van der Waals surface area (Å²) in [6.07, 6.45) is 5.57. The second-order valence-electron chi connectivity index (χ2n) is 6.54. The Morgan fingerprint density at radius 1 is 1.26 bits per heavy atom. The fourth-order valence-electron chi connectivity index (χ4n) is 3.68. The first kappa shape index (κ1) is 18.0. The van der Waals surface area contributed by atoms with E-state index in [-0.39, 0.29) is 49.3 Å². The van der Waals surface area contributed by atoms with Crippen LogP contribution in [0.25, 0.3) is 0 Å². The molecule has 0 aromatic heterocycles. The van der Waals surface area contributed by atoms with E-state index in [0.717, 1.165) is 38.8 Å². The van der Waals surface area contributed by atoms with Crippen LogP contribution >= 0.6 is 12.4 Å². The number of hydrogen-bond donors (Lipinski definition) is 3. The molecule has 1 spiro atoms. The van der Waals surface area contributed by atoms with Crippen molar-refractivity contribution in [2.75, 3.05) is 19.6 Å². The molecular formula is C15H25ClN4O3. The lowest BCUT2D eigenvalue weighted by atomic mass is 9.98. The highest BCUT2D eigenvalue weighted by atomic mass is 35.5. The molecule has 0 bridgehead atoms. The third-order valence-corrected chi connectivity index (χ3v) is 4.93. The first-order valence-electron chi connectivity index (χ1n) is 8.25. The van der Waals surface area contributed by atoms with Gasteiger partial charge in [-0.15, -0.1) is 12.4 Å². The zero-order valence-corrected chi connectivity index (χ0v) is 14.0. The number of piperidine rings is 1. The van der Waals surface area contributed by atoms with Crippen LogP contribution in [0.3, 0.4) is 0 Å². The Morgan fingerprint density at radius 2 is 2.00 bits per heavy atom. The molecule has 0 aromatic carbocycles. The molecule has 130 valence electrons. The number of halogens is 1. The minimum atomic E-state index is -0.680. The van der Waals surface area contributed by atoms with E-state index in [0.29, 0.717) is 12.8 Å². The lowest BCUT2D eigenvalue weighted by molar-refractivity contribution is -0.131. The summed E-state index contributed by atoms with van der Waals surface area (Å²) < 4.78 is 0. The SMILES string of the molecule is Cl.O=C(CCN1C(=O)NC2(CCCC2)C1=O)NC1CCCNC1. The van der Waals surface area contributed by atoms with Gasteiger partial charge in [0.2, 0.25) is 5.91 Å². The Hall–Kier alpha value is -1.34. The molecule has 8 heteroatoms. The molecule has 7 nitrogen and oxygen atoms in total. The van der Waals surface area contributed by atoms with Crippen molar-refractivity contribution in [1.29, 1.82) is 0 Å². The van der Waals surface area contributed by atoms with Gasteiger partial charge in [0.05, 0.1) is 0 Å². The predicted molar refractivity (Wildman–Crippen MR) is 87.3 cm³/mol. The molecule has 2 heterocycles. The van der Waals surface area contributed by atoms with Crippen molar-refractivity contribution in [3.63, 3.8) is 0 Å². The van der Waals surface area contributed by atoms with Crippen molar-refractivity contribution in [1.82, 2.24) is 20.9 Å². The fraction of sp³-hybridized carbons (Fsp3) is 0.800. The zero-order chi connectivity index (χ0) is 15.6. The molecule has 4 amide bonds. The van der Waals surface area contributed by atoms with Crippen LogP contribution in [0.5, 0.6) is 0 Å². The van der Waals surface area contributed by atoms with Crippen molar-refractivity contribution in [2.24, 2.45) is 0 Å². The van der Waals surface area contributed by atoms with Crippen molar-refractivity contribution >= 4 is 30.3 Å². The number of urea groups is 1. The summed E-state index contributed by atoms with van der Waals surface area (Å²) in [4.78, 5) is 37.6. The molecule has 1 atom stereocenters. The second kappa shape index (κ2) is 7.49. The highest BCUT2D eigenvalue weighted by molar-refractivity contribution is 6.07. The van der Waals surface area contributed by atoms with Gasteiger partial charge in [-0.25, -0.2) is 4.79 Å². The van der Waals surface area contributed by atoms with Crippen LogP contribution < -0.4 is 16.0 Å². The van der Waals surface area contributed by atoms with Crippen LogP contribution in [-0.2, 0) is 9.59 Å². The summed E-state index contributed by atoms with van der Waals surface area (Å²) in [5.41, 5.74) is -0.680. The molecule has 23 heavy (non-hydrogen) atoms. The Kier molecular flexibility index (Phi) is 5.86. The van der Waals surface area contributed by atoms with Gasteiger partial charge in [0.25, 0.3) is 5.91 Å². The topological polar surface area (TPSA) is 90.5 Å². The van der Waals surface area contributed by atoms with Crippen LogP contribution in [0.2, 0.25) is 0 Å². The minimum absolute atomic E-state index is 0. The Labute approximate surface area is 142 Å². The molecule has 3 N–H and O–H groups in total. The van der Waals surface area contributed by atoms with Crippen molar-refractivity contribution in [3.05, 3.63) is 0 Å². The number of nitrogens with zero attached hydrogens (tertiary/aromatic N) is 1. The monoisotopic (exact) mass is 344 g/mol.